The van der Waals surface area contributed by atoms with Crippen LogP contribution in [0.5, 0.6) is 0 Å². The zero-order chi connectivity index (χ0) is 11.5. The molecule has 16 heavy (non-hydrogen) atoms. The Hall–Kier alpha value is -1.36. The van der Waals surface area contributed by atoms with Gasteiger partial charge in [-0.2, -0.15) is 5.10 Å². The van der Waals surface area contributed by atoms with Gasteiger partial charge in [0.1, 0.15) is 0 Å². The summed E-state index contributed by atoms with van der Waals surface area (Å²) in [5, 5.41) is 13.2. The standard InChI is InChI=1S/C11H17N3O2/c1-13-5-4-10(12-13)8-14-6-2-9(3-7-14)11(15)16/h4-5,9H,2-3,6-8H2,1H3,(H,15,16). The maximum atomic E-state index is 10.8. The van der Waals surface area contributed by atoms with Crippen molar-refractivity contribution in [3.8, 4) is 0 Å². The van der Waals surface area contributed by atoms with Gasteiger partial charge in [-0.3, -0.25) is 14.4 Å². The third-order valence-corrected chi connectivity index (χ3v) is 3.09. The van der Waals surface area contributed by atoms with Crippen LogP contribution in [0, 0.1) is 5.92 Å². The van der Waals surface area contributed by atoms with Crippen LogP contribution >= 0.6 is 0 Å². The zero-order valence-electron chi connectivity index (χ0n) is 9.46. The van der Waals surface area contributed by atoms with E-state index < -0.39 is 5.97 Å². The van der Waals surface area contributed by atoms with Crippen LogP contribution in [-0.4, -0.2) is 38.8 Å². The van der Waals surface area contributed by atoms with Crippen molar-refractivity contribution in [1.82, 2.24) is 14.7 Å². The molecule has 0 spiro atoms. The minimum absolute atomic E-state index is 0.153. The van der Waals surface area contributed by atoms with Crippen molar-refractivity contribution in [1.29, 1.82) is 0 Å². The first-order valence-corrected chi connectivity index (χ1v) is 5.59. The minimum atomic E-state index is -0.655. The number of aliphatic carboxylic acids is 1. The number of aromatic nitrogens is 2. The molecule has 0 bridgehead atoms. The molecule has 1 aromatic heterocycles. The van der Waals surface area contributed by atoms with E-state index in [1.807, 2.05) is 19.3 Å². The molecule has 5 nitrogen and oxygen atoms in total. The molecular formula is C11H17N3O2. The van der Waals surface area contributed by atoms with Crippen LogP contribution in [0.1, 0.15) is 18.5 Å². The van der Waals surface area contributed by atoms with Crippen LogP contribution in [-0.2, 0) is 18.4 Å². The Balaban J connectivity index is 1.83. The summed E-state index contributed by atoms with van der Waals surface area (Å²) in [5.74, 6) is -0.808. The summed E-state index contributed by atoms with van der Waals surface area (Å²) in [4.78, 5) is 13.1. The molecule has 1 aliphatic rings. The number of carboxylic acids is 1. The van der Waals surface area contributed by atoms with Crippen molar-refractivity contribution in [3.05, 3.63) is 18.0 Å². The Morgan fingerprint density at radius 2 is 2.25 bits per heavy atom. The van der Waals surface area contributed by atoms with Gasteiger partial charge < -0.3 is 5.11 Å². The quantitative estimate of drug-likeness (QED) is 0.820. The molecular weight excluding hydrogens is 206 g/mol. The normalized spacial score (nSPS) is 18.8. The predicted molar refractivity (Wildman–Crippen MR) is 58.8 cm³/mol. The van der Waals surface area contributed by atoms with E-state index in [1.165, 1.54) is 0 Å². The van der Waals surface area contributed by atoms with Gasteiger partial charge >= 0.3 is 5.97 Å². The lowest BCUT2D eigenvalue weighted by atomic mass is 9.97. The topological polar surface area (TPSA) is 58.4 Å². The predicted octanol–water partition coefficient (Wildman–Crippen LogP) is 0.717. The third-order valence-electron chi connectivity index (χ3n) is 3.09. The van der Waals surface area contributed by atoms with E-state index in [0.29, 0.717) is 0 Å². The Bertz CT molecular complexity index is 367. The molecule has 1 aliphatic heterocycles. The van der Waals surface area contributed by atoms with Gasteiger partial charge in [0.25, 0.3) is 0 Å². The molecule has 0 unspecified atom stereocenters. The number of aryl methyl sites for hydroxylation is 1. The summed E-state index contributed by atoms with van der Waals surface area (Å²) in [7, 11) is 1.90. The third kappa shape index (κ3) is 2.61. The van der Waals surface area contributed by atoms with E-state index in [-0.39, 0.29) is 5.92 Å². The minimum Gasteiger partial charge on any atom is -0.481 e. The fourth-order valence-electron chi connectivity index (χ4n) is 2.11. The number of piperidine rings is 1. The summed E-state index contributed by atoms with van der Waals surface area (Å²) < 4.78 is 1.79. The van der Waals surface area contributed by atoms with Gasteiger partial charge in [0, 0.05) is 19.8 Å². The van der Waals surface area contributed by atoms with Gasteiger partial charge in [-0.25, -0.2) is 0 Å². The van der Waals surface area contributed by atoms with Gasteiger partial charge in [0.2, 0.25) is 0 Å². The fraction of sp³-hybridized carbons (Fsp3) is 0.636. The molecule has 1 aromatic rings. The van der Waals surface area contributed by atoms with E-state index in [9.17, 15) is 4.79 Å². The number of carboxylic acid groups (broad SMARTS) is 1. The summed E-state index contributed by atoms with van der Waals surface area (Å²) in [6.07, 6.45) is 3.43. The number of likely N-dealkylation sites (tertiary alicyclic amines) is 1. The molecule has 1 fully saturated rings. The molecule has 0 radical (unpaired) electrons. The monoisotopic (exact) mass is 223 g/mol. The van der Waals surface area contributed by atoms with Crippen LogP contribution in [0.15, 0.2) is 12.3 Å². The number of hydrogen-bond donors (Lipinski definition) is 1. The van der Waals surface area contributed by atoms with E-state index in [4.69, 9.17) is 5.11 Å². The molecule has 2 heterocycles. The van der Waals surface area contributed by atoms with E-state index in [1.54, 1.807) is 4.68 Å². The molecule has 0 amide bonds. The maximum absolute atomic E-state index is 10.8. The highest BCUT2D eigenvalue weighted by Crippen LogP contribution is 2.18. The molecule has 2 rings (SSSR count). The zero-order valence-corrected chi connectivity index (χ0v) is 9.46. The largest absolute Gasteiger partial charge is 0.481 e. The van der Waals surface area contributed by atoms with Crippen LogP contribution in [0.2, 0.25) is 0 Å². The van der Waals surface area contributed by atoms with Gasteiger partial charge in [0.05, 0.1) is 11.6 Å². The first kappa shape index (κ1) is 11.1. The molecule has 88 valence electrons. The van der Waals surface area contributed by atoms with Crippen LogP contribution in [0.3, 0.4) is 0 Å². The Labute approximate surface area is 94.7 Å². The fourth-order valence-corrected chi connectivity index (χ4v) is 2.11. The van der Waals surface area contributed by atoms with Crippen molar-refractivity contribution in [3.63, 3.8) is 0 Å². The lowest BCUT2D eigenvalue weighted by Gasteiger charge is -2.29. The molecule has 1 N–H and O–H groups in total. The Morgan fingerprint density at radius 1 is 1.56 bits per heavy atom. The SMILES string of the molecule is Cn1ccc(CN2CCC(C(=O)O)CC2)n1. The summed E-state index contributed by atoms with van der Waals surface area (Å²) >= 11 is 0. The van der Waals surface area contributed by atoms with E-state index in [0.717, 1.165) is 38.2 Å². The molecule has 5 heteroatoms. The smallest absolute Gasteiger partial charge is 0.306 e. The highest BCUT2D eigenvalue weighted by atomic mass is 16.4. The van der Waals surface area contributed by atoms with Crippen molar-refractivity contribution >= 4 is 5.97 Å². The molecule has 1 saturated heterocycles. The van der Waals surface area contributed by atoms with Crippen LogP contribution in [0.25, 0.3) is 0 Å². The highest BCUT2D eigenvalue weighted by Gasteiger charge is 2.24. The van der Waals surface area contributed by atoms with Crippen LogP contribution < -0.4 is 0 Å². The number of nitrogens with zero attached hydrogens (tertiary/aromatic N) is 3. The van der Waals surface area contributed by atoms with Gasteiger partial charge in [-0.1, -0.05) is 0 Å². The first-order chi connectivity index (χ1) is 7.65. The first-order valence-electron chi connectivity index (χ1n) is 5.59. The molecule has 0 aromatic carbocycles. The Morgan fingerprint density at radius 3 is 2.75 bits per heavy atom. The summed E-state index contributed by atoms with van der Waals surface area (Å²) in [5.41, 5.74) is 1.05. The van der Waals surface area contributed by atoms with Gasteiger partial charge in [0.15, 0.2) is 0 Å². The van der Waals surface area contributed by atoms with Crippen molar-refractivity contribution < 1.29 is 9.90 Å². The number of carbonyl (C=O) groups is 1. The second-order valence-electron chi connectivity index (χ2n) is 4.37. The number of rotatable bonds is 3. The van der Waals surface area contributed by atoms with E-state index in [2.05, 4.69) is 10.00 Å². The molecule has 0 atom stereocenters. The number of hydrogen-bond acceptors (Lipinski definition) is 3. The average Bonchev–Trinajstić information content (AvgIpc) is 2.65. The lowest BCUT2D eigenvalue weighted by molar-refractivity contribution is -0.143. The highest BCUT2D eigenvalue weighted by molar-refractivity contribution is 5.70. The Kier molecular flexibility index (Phi) is 3.24. The van der Waals surface area contributed by atoms with Crippen LogP contribution in [0.4, 0.5) is 0 Å². The molecule has 0 aliphatic carbocycles. The van der Waals surface area contributed by atoms with Gasteiger partial charge in [-0.15, -0.1) is 0 Å². The summed E-state index contributed by atoms with van der Waals surface area (Å²) in [6.45, 7) is 2.54. The van der Waals surface area contributed by atoms with Crippen molar-refractivity contribution in [2.75, 3.05) is 13.1 Å². The van der Waals surface area contributed by atoms with Crippen molar-refractivity contribution in [2.45, 2.75) is 19.4 Å². The van der Waals surface area contributed by atoms with Crippen molar-refractivity contribution in [2.24, 2.45) is 13.0 Å². The lowest BCUT2D eigenvalue weighted by Crippen LogP contribution is -2.35. The van der Waals surface area contributed by atoms with E-state index >= 15 is 0 Å². The van der Waals surface area contributed by atoms with Gasteiger partial charge in [-0.05, 0) is 32.0 Å². The average molecular weight is 223 g/mol. The maximum Gasteiger partial charge on any atom is 0.306 e. The summed E-state index contributed by atoms with van der Waals surface area (Å²) in [6, 6.07) is 2.00. The molecule has 0 saturated carbocycles. The second-order valence-corrected chi connectivity index (χ2v) is 4.37. The second kappa shape index (κ2) is 4.65.